The molecule has 3 rings (SSSR count). The first kappa shape index (κ1) is 15.4. The summed E-state index contributed by atoms with van der Waals surface area (Å²) in [6.45, 7) is 1.69. The van der Waals surface area contributed by atoms with Gasteiger partial charge in [0.15, 0.2) is 12.0 Å². The molecule has 0 amide bonds. The Morgan fingerprint density at radius 3 is 2.61 bits per heavy atom. The van der Waals surface area contributed by atoms with Crippen molar-refractivity contribution < 1.29 is 18.7 Å². The van der Waals surface area contributed by atoms with Gasteiger partial charge in [-0.25, -0.2) is 4.39 Å². The molecule has 0 bridgehead atoms. The van der Waals surface area contributed by atoms with Crippen molar-refractivity contribution in [2.24, 2.45) is 0 Å². The molecular formula is C19H17FO3. The van der Waals surface area contributed by atoms with E-state index in [-0.39, 0.29) is 12.8 Å². The van der Waals surface area contributed by atoms with Gasteiger partial charge in [0.25, 0.3) is 0 Å². The number of benzene rings is 2. The molecule has 0 fully saturated rings. The highest BCUT2D eigenvalue weighted by Crippen LogP contribution is 2.36. The topological polar surface area (TPSA) is 43.4 Å². The second-order valence-corrected chi connectivity index (χ2v) is 5.57. The Bertz CT molecular complexity index is 740. The molecule has 3 nitrogen and oxygen atoms in total. The number of esters is 1. The summed E-state index contributed by atoms with van der Waals surface area (Å²) in [4.78, 5) is 23.7. The zero-order chi connectivity index (χ0) is 16.4. The summed E-state index contributed by atoms with van der Waals surface area (Å²) < 4.78 is 19.3. The molecule has 0 aromatic heterocycles. The number of hydrogen-bond donors (Lipinski definition) is 0. The zero-order valence-electron chi connectivity index (χ0n) is 12.8. The number of rotatable bonds is 3. The fourth-order valence-electron chi connectivity index (χ4n) is 2.81. The molecule has 1 aliphatic carbocycles. The number of carbonyl (C=O) groups is 2. The average molecular weight is 312 g/mol. The van der Waals surface area contributed by atoms with Crippen molar-refractivity contribution in [1.82, 2.24) is 0 Å². The molecular weight excluding hydrogens is 295 g/mol. The fraction of sp³-hybridized carbons (Fsp3) is 0.263. The largest absolute Gasteiger partial charge is 0.457 e. The van der Waals surface area contributed by atoms with Gasteiger partial charge in [-0.2, -0.15) is 0 Å². The molecule has 2 atom stereocenters. The summed E-state index contributed by atoms with van der Waals surface area (Å²) in [7, 11) is 0. The first-order chi connectivity index (χ1) is 11.1. The van der Waals surface area contributed by atoms with Crippen LogP contribution in [-0.2, 0) is 9.53 Å². The Balaban J connectivity index is 2.04. The molecule has 0 saturated heterocycles. The number of carbonyl (C=O) groups excluding carboxylic acids is 2. The molecule has 118 valence electrons. The average Bonchev–Trinajstić information content (AvgIpc) is 2.59. The smallest absolute Gasteiger partial charge is 0.306 e. The molecule has 0 N–H and O–H groups in total. The molecule has 0 saturated carbocycles. The maximum atomic E-state index is 13.9. The van der Waals surface area contributed by atoms with Gasteiger partial charge in [0.2, 0.25) is 0 Å². The highest BCUT2D eigenvalue weighted by atomic mass is 19.1. The van der Waals surface area contributed by atoms with Crippen LogP contribution in [0.1, 0.15) is 41.8 Å². The SMILES string of the molecule is CCC(=O)OC1CC(F)C(=O)c2ccc(-c3ccccc3)cc21. The molecule has 0 radical (unpaired) electrons. The summed E-state index contributed by atoms with van der Waals surface area (Å²) in [5, 5.41) is 0. The number of Topliss-reactive ketones (excluding diaryl/α,β-unsaturated/α-hetero) is 1. The van der Waals surface area contributed by atoms with Crippen LogP contribution in [0.15, 0.2) is 48.5 Å². The van der Waals surface area contributed by atoms with E-state index in [0.717, 1.165) is 11.1 Å². The standard InChI is InChI=1S/C19H17FO3/c1-2-18(21)23-17-11-16(20)19(22)14-9-8-13(10-15(14)17)12-6-4-3-5-7-12/h3-10,16-17H,2,11H2,1H3. The van der Waals surface area contributed by atoms with E-state index in [1.54, 1.807) is 19.1 Å². The van der Waals surface area contributed by atoms with Gasteiger partial charge in [-0.1, -0.05) is 49.4 Å². The van der Waals surface area contributed by atoms with E-state index in [4.69, 9.17) is 4.74 Å². The van der Waals surface area contributed by atoms with E-state index in [2.05, 4.69) is 0 Å². The molecule has 0 spiro atoms. The molecule has 0 heterocycles. The monoisotopic (exact) mass is 312 g/mol. The predicted octanol–water partition coefficient (Wildman–Crippen LogP) is 4.27. The first-order valence-corrected chi connectivity index (χ1v) is 7.67. The molecule has 2 unspecified atom stereocenters. The van der Waals surface area contributed by atoms with Crippen LogP contribution in [0.4, 0.5) is 4.39 Å². The molecule has 2 aromatic rings. The predicted molar refractivity (Wildman–Crippen MR) is 84.8 cm³/mol. The maximum absolute atomic E-state index is 13.9. The number of halogens is 1. The molecule has 2 aromatic carbocycles. The Hall–Kier alpha value is -2.49. The number of alkyl halides is 1. The van der Waals surface area contributed by atoms with Crippen LogP contribution in [0, 0.1) is 0 Å². The van der Waals surface area contributed by atoms with Gasteiger partial charge in [-0.3, -0.25) is 9.59 Å². The van der Waals surface area contributed by atoms with Gasteiger partial charge in [-0.05, 0) is 17.2 Å². The van der Waals surface area contributed by atoms with E-state index in [9.17, 15) is 14.0 Å². The molecule has 4 heteroatoms. The number of ether oxygens (including phenoxy) is 1. The summed E-state index contributed by atoms with van der Waals surface area (Å²) in [6, 6.07) is 14.9. The van der Waals surface area contributed by atoms with Crippen LogP contribution in [0.25, 0.3) is 11.1 Å². The van der Waals surface area contributed by atoms with Crippen LogP contribution >= 0.6 is 0 Å². The Morgan fingerprint density at radius 2 is 1.91 bits per heavy atom. The van der Waals surface area contributed by atoms with Gasteiger partial charge >= 0.3 is 5.97 Å². The first-order valence-electron chi connectivity index (χ1n) is 7.67. The molecule has 1 aliphatic rings. The second-order valence-electron chi connectivity index (χ2n) is 5.57. The van der Waals surface area contributed by atoms with E-state index in [1.165, 1.54) is 0 Å². The van der Waals surface area contributed by atoms with Crippen LogP contribution in [0.3, 0.4) is 0 Å². The van der Waals surface area contributed by atoms with Crippen molar-refractivity contribution in [3.8, 4) is 11.1 Å². The third-order valence-corrected chi connectivity index (χ3v) is 4.04. The normalized spacial score (nSPS) is 20.0. The van der Waals surface area contributed by atoms with Gasteiger partial charge in [-0.15, -0.1) is 0 Å². The minimum atomic E-state index is -1.63. The van der Waals surface area contributed by atoms with Gasteiger partial charge < -0.3 is 4.74 Å². The van der Waals surface area contributed by atoms with Crippen LogP contribution < -0.4 is 0 Å². The van der Waals surface area contributed by atoms with Crippen molar-refractivity contribution in [3.05, 3.63) is 59.7 Å². The number of fused-ring (bicyclic) bond motifs is 1. The Morgan fingerprint density at radius 1 is 1.17 bits per heavy atom. The molecule has 0 aliphatic heterocycles. The lowest BCUT2D eigenvalue weighted by molar-refractivity contribution is -0.150. The van der Waals surface area contributed by atoms with Gasteiger partial charge in [0.1, 0.15) is 6.10 Å². The van der Waals surface area contributed by atoms with Crippen LogP contribution in [0.5, 0.6) is 0 Å². The molecule has 23 heavy (non-hydrogen) atoms. The minimum absolute atomic E-state index is 0.115. The summed E-state index contributed by atoms with van der Waals surface area (Å²) in [5.41, 5.74) is 2.79. The Kier molecular flexibility index (Phi) is 4.24. The second kappa shape index (κ2) is 6.32. The van der Waals surface area contributed by atoms with E-state index < -0.39 is 24.0 Å². The van der Waals surface area contributed by atoms with Crippen LogP contribution in [0.2, 0.25) is 0 Å². The van der Waals surface area contributed by atoms with E-state index >= 15 is 0 Å². The zero-order valence-corrected chi connectivity index (χ0v) is 12.8. The van der Waals surface area contributed by atoms with Crippen molar-refractivity contribution in [2.75, 3.05) is 0 Å². The third-order valence-electron chi connectivity index (χ3n) is 4.04. The highest BCUT2D eigenvalue weighted by molar-refractivity contribution is 6.02. The highest BCUT2D eigenvalue weighted by Gasteiger charge is 2.35. The maximum Gasteiger partial charge on any atom is 0.306 e. The van der Waals surface area contributed by atoms with Crippen LogP contribution in [-0.4, -0.2) is 17.9 Å². The van der Waals surface area contributed by atoms with E-state index in [1.807, 2.05) is 36.4 Å². The van der Waals surface area contributed by atoms with E-state index in [0.29, 0.717) is 11.1 Å². The van der Waals surface area contributed by atoms with Gasteiger partial charge in [0, 0.05) is 24.0 Å². The summed E-state index contributed by atoms with van der Waals surface area (Å²) in [6.07, 6.45) is -2.24. The summed E-state index contributed by atoms with van der Waals surface area (Å²) >= 11 is 0. The third kappa shape index (κ3) is 3.02. The number of hydrogen-bond acceptors (Lipinski definition) is 3. The van der Waals surface area contributed by atoms with Gasteiger partial charge in [0.05, 0.1) is 0 Å². The van der Waals surface area contributed by atoms with Crippen molar-refractivity contribution in [1.29, 1.82) is 0 Å². The minimum Gasteiger partial charge on any atom is -0.457 e. The fourth-order valence-corrected chi connectivity index (χ4v) is 2.81. The lowest BCUT2D eigenvalue weighted by Crippen LogP contribution is -2.29. The van der Waals surface area contributed by atoms with Crippen molar-refractivity contribution in [3.63, 3.8) is 0 Å². The van der Waals surface area contributed by atoms with Crippen molar-refractivity contribution >= 4 is 11.8 Å². The Labute approximate surface area is 134 Å². The quantitative estimate of drug-likeness (QED) is 0.795. The lowest BCUT2D eigenvalue weighted by Gasteiger charge is -2.27. The lowest BCUT2D eigenvalue weighted by atomic mass is 9.85. The number of ketones is 1. The summed E-state index contributed by atoms with van der Waals surface area (Å²) in [5.74, 6) is -0.934. The van der Waals surface area contributed by atoms with Crippen molar-refractivity contribution in [2.45, 2.75) is 32.0 Å².